The van der Waals surface area contributed by atoms with Crippen LogP contribution in [0, 0.1) is 13.8 Å². The first-order valence-electron chi connectivity index (χ1n) is 7.91. The summed E-state index contributed by atoms with van der Waals surface area (Å²) in [5.41, 5.74) is 5.86. The monoisotopic (exact) mass is 296 g/mol. The summed E-state index contributed by atoms with van der Waals surface area (Å²) < 4.78 is 0. The standard InChI is InChI=1S/C18H24N4/c1-13-6-14(2)8-16(7-13)21-18-12-22(11-15(18)9-19-3)17-4-5-20-10-17/h6-9,17,20H,3-5,10-12H2,1-2H3/b15-9-,21-18?. The molecule has 0 saturated carbocycles. The zero-order valence-electron chi connectivity index (χ0n) is 13.5. The van der Waals surface area contributed by atoms with E-state index in [1.807, 2.05) is 6.20 Å². The van der Waals surface area contributed by atoms with Crippen molar-refractivity contribution in [1.29, 1.82) is 0 Å². The van der Waals surface area contributed by atoms with Gasteiger partial charge < -0.3 is 5.32 Å². The van der Waals surface area contributed by atoms with Gasteiger partial charge in [0.15, 0.2) is 0 Å². The Morgan fingerprint density at radius 2 is 2.00 bits per heavy atom. The third kappa shape index (κ3) is 3.34. The number of hydrogen-bond acceptors (Lipinski definition) is 4. The number of nitrogens with one attached hydrogen (secondary N) is 1. The highest BCUT2D eigenvalue weighted by Crippen LogP contribution is 2.24. The minimum atomic E-state index is 0.611. The van der Waals surface area contributed by atoms with E-state index in [1.165, 1.54) is 23.1 Å². The summed E-state index contributed by atoms with van der Waals surface area (Å²) in [6.45, 7) is 11.9. The molecule has 116 valence electrons. The third-order valence-electron chi connectivity index (χ3n) is 4.37. The molecule has 4 nitrogen and oxygen atoms in total. The van der Waals surface area contributed by atoms with Gasteiger partial charge in [-0.2, -0.15) is 0 Å². The highest BCUT2D eigenvalue weighted by Gasteiger charge is 2.30. The predicted octanol–water partition coefficient (Wildman–Crippen LogP) is 2.64. The van der Waals surface area contributed by atoms with Crippen LogP contribution in [0.4, 0.5) is 5.69 Å². The van der Waals surface area contributed by atoms with Crippen LogP contribution in [0.2, 0.25) is 0 Å². The number of likely N-dealkylation sites (tertiary alicyclic amines) is 1. The first-order chi connectivity index (χ1) is 10.7. The van der Waals surface area contributed by atoms with E-state index in [-0.39, 0.29) is 0 Å². The van der Waals surface area contributed by atoms with Gasteiger partial charge >= 0.3 is 0 Å². The van der Waals surface area contributed by atoms with Crippen molar-refractivity contribution in [3.8, 4) is 0 Å². The molecule has 1 atom stereocenters. The minimum Gasteiger partial charge on any atom is -0.315 e. The lowest BCUT2D eigenvalue weighted by Gasteiger charge is -2.21. The first-order valence-corrected chi connectivity index (χ1v) is 7.91. The summed E-state index contributed by atoms with van der Waals surface area (Å²) in [5.74, 6) is 0. The van der Waals surface area contributed by atoms with Gasteiger partial charge in [-0.3, -0.25) is 14.9 Å². The van der Waals surface area contributed by atoms with E-state index < -0.39 is 0 Å². The topological polar surface area (TPSA) is 40.0 Å². The largest absolute Gasteiger partial charge is 0.315 e. The van der Waals surface area contributed by atoms with Gasteiger partial charge in [0, 0.05) is 37.4 Å². The molecule has 1 unspecified atom stereocenters. The van der Waals surface area contributed by atoms with E-state index >= 15 is 0 Å². The summed E-state index contributed by atoms with van der Waals surface area (Å²) in [5, 5.41) is 3.44. The maximum Gasteiger partial charge on any atom is 0.0638 e. The summed E-state index contributed by atoms with van der Waals surface area (Å²) in [6, 6.07) is 7.06. The van der Waals surface area contributed by atoms with Crippen molar-refractivity contribution in [2.45, 2.75) is 26.3 Å². The zero-order chi connectivity index (χ0) is 15.5. The Labute approximate surface area is 132 Å². The maximum atomic E-state index is 4.90. The predicted molar refractivity (Wildman–Crippen MR) is 93.5 cm³/mol. The Hall–Kier alpha value is -1.78. The lowest BCUT2D eigenvalue weighted by molar-refractivity contribution is 0.275. The van der Waals surface area contributed by atoms with E-state index in [1.54, 1.807) is 0 Å². The van der Waals surface area contributed by atoms with Crippen molar-refractivity contribution in [1.82, 2.24) is 10.2 Å². The zero-order valence-corrected chi connectivity index (χ0v) is 13.5. The van der Waals surface area contributed by atoms with Crippen molar-refractivity contribution >= 4 is 18.1 Å². The van der Waals surface area contributed by atoms with Crippen molar-refractivity contribution in [3.63, 3.8) is 0 Å². The average molecular weight is 296 g/mol. The van der Waals surface area contributed by atoms with Crippen LogP contribution in [-0.2, 0) is 0 Å². The summed E-state index contributed by atoms with van der Waals surface area (Å²) in [7, 11) is 0. The molecule has 2 heterocycles. The van der Waals surface area contributed by atoms with Gasteiger partial charge in [0.1, 0.15) is 0 Å². The van der Waals surface area contributed by atoms with Crippen LogP contribution in [0.5, 0.6) is 0 Å². The van der Waals surface area contributed by atoms with Crippen LogP contribution in [0.3, 0.4) is 0 Å². The van der Waals surface area contributed by atoms with Gasteiger partial charge in [-0.1, -0.05) is 6.07 Å². The quantitative estimate of drug-likeness (QED) is 0.871. The molecular weight excluding hydrogens is 272 g/mol. The molecule has 4 heteroatoms. The number of aliphatic imine (C=N–C) groups is 2. The van der Waals surface area contributed by atoms with Gasteiger partial charge in [0.05, 0.1) is 11.4 Å². The number of rotatable bonds is 3. The number of aryl methyl sites for hydroxylation is 2. The molecule has 0 aromatic heterocycles. The fraction of sp³-hybridized carbons (Fsp3) is 0.444. The fourth-order valence-corrected chi connectivity index (χ4v) is 3.37. The molecule has 2 saturated heterocycles. The van der Waals surface area contributed by atoms with Gasteiger partial charge in [-0.15, -0.1) is 0 Å². The van der Waals surface area contributed by atoms with Crippen LogP contribution in [0.1, 0.15) is 17.5 Å². The van der Waals surface area contributed by atoms with Crippen LogP contribution in [-0.4, -0.2) is 49.5 Å². The molecule has 2 aliphatic heterocycles. The lowest BCUT2D eigenvalue weighted by atomic mass is 10.1. The maximum absolute atomic E-state index is 4.90. The third-order valence-corrected chi connectivity index (χ3v) is 4.37. The van der Waals surface area contributed by atoms with Crippen LogP contribution in [0.15, 0.2) is 40.0 Å². The molecule has 0 amide bonds. The Balaban J connectivity index is 1.87. The van der Waals surface area contributed by atoms with Crippen LogP contribution >= 0.6 is 0 Å². The molecule has 2 aliphatic rings. The van der Waals surface area contributed by atoms with Crippen LogP contribution in [0.25, 0.3) is 0 Å². The molecule has 22 heavy (non-hydrogen) atoms. The highest BCUT2D eigenvalue weighted by molar-refractivity contribution is 6.05. The van der Waals surface area contributed by atoms with E-state index in [2.05, 4.69) is 54.0 Å². The second-order valence-electron chi connectivity index (χ2n) is 6.29. The molecular formula is C18H24N4. The summed E-state index contributed by atoms with van der Waals surface area (Å²) in [4.78, 5) is 11.4. The first kappa shape index (κ1) is 15.1. The molecule has 0 aliphatic carbocycles. The molecule has 0 bridgehead atoms. The van der Waals surface area contributed by atoms with Crippen LogP contribution < -0.4 is 5.32 Å². The Bertz CT molecular complexity index is 604. The molecule has 1 N–H and O–H groups in total. The second kappa shape index (κ2) is 6.55. The van der Waals surface area contributed by atoms with Gasteiger partial charge in [-0.05, 0) is 56.8 Å². The normalized spacial score (nSPS) is 26.2. The fourth-order valence-electron chi connectivity index (χ4n) is 3.37. The number of hydrogen-bond donors (Lipinski definition) is 1. The summed E-state index contributed by atoms with van der Waals surface area (Å²) >= 11 is 0. The van der Waals surface area contributed by atoms with Crippen molar-refractivity contribution < 1.29 is 0 Å². The van der Waals surface area contributed by atoms with E-state index in [9.17, 15) is 0 Å². The molecule has 3 rings (SSSR count). The SMILES string of the molecule is C=N/C=C1/CN(C2CCNC2)CC1=Nc1cc(C)cc(C)c1. The lowest BCUT2D eigenvalue weighted by Crippen LogP contribution is -2.35. The average Bonchev–Trinajstić information content (AvgIpc) is 3.08. The Kier molecular flexibility index (Phi) is 4.50. The molecule has 1 aromatic carbocycles. The molecule has 1 aromatic rings. The van der Waals surface area contributed by atoms with Crippen molar-refractivity contribution in [3.05, 3.63) is 41.1 Å². The number of benzene rings is 1. The van der Waals surface area contributed by atoms with Gasteiger partial charge in [0.2, 0.25) is 0 Å². The molecule has 0 spiro atoms. The highest BCUT2D eigenvalue weighted by atomic mass is 15.2. The van der Waals surface area contributed by atoms with Gasteiger partial charge in [0.25, 0.3) is 0 Å². The second-order valence-corrected chi connectivity index (χ2v) is 6.29. The van der Waals surface area contributed by atoms with E-state index in [0.717, 1.165) is 37.6 Å². The van der Waals surface area contributed by atoms with Crippen molar-refractivity contribution in [2.24, 2.45) is 9.98 Å². The molecule has 2 fully saturated rings. The van der Waals surface area contributed by atoms with E-state index in [0.29, 0.717) is 6.04 Å². The minimum absolute atomic E-state index is 0.611. The van der Waals surface area contributed by atoms with E-state index in [4.69, 9.17) is 4.99 Å². The smallest absolute Gasteiger partial charge is 0.0638 e. The number of nitrogens with zero attached hydrogens (tertiary/aromatic N) is 3. The van der Waals surface area contributed by atoms with Gasteiger partial charge in [-0.25, -0.2) is 0 Å². The van der Waals surface area contributed by atoms with Crippen molar-refractivity contribution in [2.75, 3.05) is 26.2 Å². The molecule has 0 radical (unpaired) electrons. The summed E-state index contributed by atoms with van der Waals surface area (Å²) in [6.07, 6.45) is 3.08. The Morgan fingerprint density at radius 3 is 2.64 bits per heavy atom. The Morgan fingerprint density at radius 1 is 1.23 bits per heavy atom.